The first-order valence-corrected chi connectivity index (χ1v) is 6.25. The normalized spacial score (nSPS) is 21.8. The molecule has 0 amide bonds. The monoisotopic (exact) mass is 218 g/mol. The molecule has 1 heterocycles. The molecule has 1 aliphatic heterocycles. The van der Waals surface area contributed by atoms with Gasteiger partial charge >= 0.3 is 0 Å². The van der Waals surface area contributed by atoms with Gasteiger partial charge in [0.2, 0.25) is 0 Å². The predicted octanol–water partition coefficient (Wildman–Crippen LogP) is 2.89. The standard InChI is InChI=1S/C14H22N2/c1-11(2)14-7-4-8-16(14)10-12-5-3-6-13(15)9-12/h3,5-6,9,11,14H,4,7-8,10,15H2,1-2H3. The van der Waals surface area contributed by atoms with Crippen LogP contribution < -0.4 is 5.73 Å². The predicted molar refractivity (Wildman–Crippen MR) is 69.1 cm³/mol. The average Bonchev–Trinajstić information content (AvgIpc) is 2.66. The Morgan fingerprint density at radius 1 is 1.44 bits per heavy atom. The van der Waals surface area contributed by atoms with Crippen LogP contribution in [-0.2, 0) is 6.54 Å². The second kappa shape index (κ2) is 4.88. The van der Waals surface area contributed by atoms with E-state index in [9.17, 15) is 0 Å². The molecule has 1 unspecified atom stereocenters. The fourth-order valence-electron chi connectivity index (χ4n) is 2.73. The molecular formula is C14H22N2. The third-order valence-corrected chi connectivity index (χ3v) is 3.52. The van der Waals surface area contributed by atoms with Crippen LogP contribution in [0.15, 0.2) is 24.3 Å². The van der Waals surface area contributed by atoms with Crippen molar-refractivity contribution in [1.29, 1.82) is 0 Å². The smallest absolute Gasteiger partial charge is 0.0317 e. The second-order valence-corrected chi connectivity index (χ2v) is 5.17. The zero-order chi connectivity index (χ0) is 11.5. The van der Waals surface area contributed by atoms with Crippen molar-refractivity contribution in [1.82, 2.24) is 4.90 Å². The van der Waals surface area contributed by atoms with E-state index in [-0.39, 0.29) is 0 Å². The van der Waals surface area contributed by atoms with Crippen LogP contribution in [0.5, 0.6) is 0 Å². The Hall–Kier alpha value is -1.02. The molecule has 0 saturated carbocycles. The molecule has 2 rings (SSSR count). The number of hydrogen-bond donors (Lipinski definition) is 1. The number of nitrogens with two attached hydrogens (primary N) is 1. The molecule has 0 aromatic heterocycles. The summed E-state index contributed by atoms with van der Waals surface area (Å²) in [4.78, 5) is 2.60. The lowest BCUT2D eigenvalue weighted by atomic mass is 10.0. The van der Waals surface area contributed by atoms with E-state index in [1.807, 2.05) is 12.1 Å². The Balaban J connectivity index is 2.04. The Morgan fingerprint density at radius 3 is 2.94 bits per heavy atom. The molecule has 1 aromatic rings. The van der Waals surface area contributed by atoms with Crippen molar-refractivity contribution in [3.8, 4) is 0 Å². The van der Waals surface area contributed by atoms with Crippen LogP contribution in [0.3, 0.4) is 0 Å². The van der Waals surface area contributed by atoms with E-state index < -0.39 is 0 Å². The molecule has 2 N–H and O–H groups in total. The first-order valence-electron chi connectivity index (χ1n) is 6.25. The highest BCUT2D eigenvalue weighted by molar-refractivity contribution is 5.40. The van der Waals surface area contributed by atoms with Gasteiger partial charge in [-0.1, -0.05) is 26.0 Å². The zero-order valence-corrected chi connectivity index (χ0v) is 10.3. The molecule has 1 saturated heterocycles. The van der Waals surface area contributed by atoms with Crippen LogP contribution in [0.2, 0.25) is 0 Å². The molecule has 1 atom stereocenters. The van der Waals surface area contributed by atoms with Gasteiger partial charge in [-0.3, -0.25) is 4.90 Å². The van der Waals surface area contributed by atoms with E-state index in [2.05, 4.69) is 30.9 Å². The van der Waals surface area contributed by atoms with E-state index in [1.54, 1.807) is 0 Å². The molecular weight excluding hydrogens is 196 g/mol. The summed E-state index contributed by atoms with van der Waals surface area (Å²) in [6.07, 6.45) is 2.69. The van der Waals surface area contributed by atoms with Gasteiger partial charge in [0.25, 0.3) is 0 Å². The van der Waals surface area contributed by atoms with Crippen LogP contribution in [-0.4, -0.2) is 17.5 Å². The van der Waals surface area contributed by atoms with Crippen molar-refractivity contribution in [3.05, 3.63) is 29.8 Å². The quantitative estimate of drug-likeness (QED) is 0.790. The third kappa shape index (κ3) is 2.56. The van der Waals surface area contributed by atoms with Gasteiger partial charge in [0.15, 0.2) is 0 Å². The highest BCUT2D eigenvalue weighted by atomic mass is 15.2. The maximum Gasteiger partial charge on any atom is 0.0317 e. The number of hydrogen-bond acceptors (Lipinski definition) is 2. The fraction of sp³-hybridized carbons (Fsp3) is 0.571. The maximum atomic E-state index is 5.81. The summed E-state index contributed by atoms with van der Waals surface area (Å²) in [6, 6.07) is 9.02. The minimum atomic E-state index is 0.751. The number of anilines is 1. The van der Waals surface area contributed by atoms with E-state index >= 15 is 0 Å². The first kappa shape index (κ1) is 11.5. The van der Waals surface area contributed by atoms with Crippen molar-refractivity contribution < 1.29 is 0 Å². The largest absolute Gasteiger partial charge is 0.399 e. The molecule has 2 heteroatoms. The summed E-state index contributed by atoms with van der Waals surface area (Å²) in [5.74, 6) is 0.753. The lowest BCUT2D eigenvalue weighted by Crippen LogP contribution is -2.32. The number of nitrogens with zero attached hydrogens (tertiary/aromatic N) is 1. The van der Waals surface area contributed by atoms with Crippen molar-refractivity contribution >= 4 is 5.69 Å². The minimum Gasteiger partial charge on any atom is -0.399 e. The molecule has 0 bridgehead atoms. The zero-order valence-electron chi connectivity index (χ0n) is 10.3. The summed E-state index contributed by atoms with van der Waals surface area (Å²) in [7, 11) is 0. The number of benzene rings is 1. The summed E-state index contributed by atoms with van der Waals surface area (Å²) in [5, 5.41) is 0. The van der Waals surface area contributed by atoms with Crippen molar-refractivity contribution in [2.24, 2.45) is 5.92 Å². The molecule has 1 fully saturated rings. The van der Waals surface area contributed by atoms with Gasteiger partial charge in [0.05, 0.1) is 0 Å². The van der Waals surface area contributed by atoms with Crippen LogP contribution in [0.4, 0.5) is 5.69 Å². The van der Waals surface area contributed by atoms with E-state index in [0.29, 0.717) is 0 Å². The van der Waals surface area contributed by atoms with Crippen LogP contribution >= 0.6 is 0 Å². The molecule has 1 aromatic carbocycles. The van der Waals surface area contributed by atoms with Gasteiger partial charge < -0.3 is 5.73 Å². The highest BCUT2D eigenvalue weighted by Gasteiger charge is 2.26. The third-order valence-electron chi connectivity index (χ3n) is 3.52. The molecule has 88 valence electrons. The molecule has 2 nitrogen and oxygen atoms in total. The van der Waals surface area contributed by atoms with Crippen LogP contribution in [0.25, 0.3) is 0 Å². The Bertz CT molecular complexity index is 346. The Morgan fingerprint density at radius 2 is 2.25 bits per heavy atom. The second-order valence-electron chi connectivity index (χ2n) is 5.17. The SMILES string of the molecule is CC(C)C1CCCN1Cc1cccc(N)c1. The maximum absolute atomic E-state index is 5.81. The molecule has 0 aliphatic carbocycles. The molecule has 0 spiro atoms. The highest BCUT2D eigenvalue weighted by Crippen LogP contribution is 2.25. The number of rotatable bonds is 3. The summed E-state index contributed by atoms with van der Waals surface area (Å²) < 4.78 is 0. The fourth-order valence-corrected chi connectivity index (χ4v) is 2.73. The number of nitrogen functional groups attached to an aromatic ring is 1. The Kier molecular flexibility index (Phi) is 3.49. The van der Waals surface area contributed by atoms with Crippen molar-refractivity contribution in [3.63, 3.8) is 0 Å². The molecule has 0 radical (unpaired) electrons. The van der Waals surface area contributed by atoms with Gasteiger partial charge in [-0.25, -0.2) is 0 Å². The summed E-state index contributed by atoms with van der Waals surface area (Å²) >= 11 is 0. The summed E-state index contributed by atoms with van der Waals surface area (Å²) in [5.41, 5.74) is 8.02. The van der Waals surface area contributed by atoms with E-state index in [0.717, 1.165) is 24.2 Å². The van der Waals surface area contributed by atoms with Gasteiger partial charge in [-0.15, -0.1) is 0 Å². The average molecular weight is 218 g/mol. The minimum absolute atomic E-state index is 0.751. The van der Waals surface area contributed by atoms with Crippen molar-refractivity contribution in [2.75, 3.05) is 12.3 Å². The lowest BCUT2D eigenvalue weighted by Gasteiger charge is -2.27. The first-order chi connectivity index (χ1) is 7.66. The van der Waals surface area contributed by atoms with Crippen LogP contribution in [0.1, 0.15) is 32.3 Å². The lowest BCUT2D eigenvalue weighted by molar-refractivity contribution is 0.199. The molecule has 16 heavy (non-hydrogen) atoms. The van der Waals surface area contributed by atoms with Gasteiger partial charge in [0, 0.05) is 18.3 Å². The van der Waals surface area contributed by atoms with E-state index in [4.69, 9.17) is 5.73 Å². The van der Waals surface area contributed by atoms with Crippen LogP contribution in [0, 0.1) is 5.92 Å². The van der Waals surface area contributed by atoms with Gasteiger partial charge in [0.1, 0.15) is 0 Å². The van der Waals surface area contributed by atoms with Gasteiger partial charge in [-0.05, 0) is 43.0 Å². The van der Waals surface area contributed by atoms with Gasteiger partial charge in [-0.2, -0.15) is 0 Å². The molecule has 1 aliphatic rings. The summed E-state index contributed by atoms with van der Waals surface area (Å²) in [6.45, 7) is 6.93. The Labute approximate surface area is 98.4 Å². The van der Waals surface area contributed by atoms with E-state index in [1.165, 1.54) is 24.9 Å². The van der Waals surface area contributed by atoms with Crippen molar-refractivity contribution in [2.45, 2.75) is 39.3 Å². The number of likely N-dealkylation sites (tertiary alicyclic amines) is 1. The topological polar surface area (TPSA) is 29.3 Å².